The SMILES string of the molecule is Br.O=C(O)Cc1sc(NCc2ccco2)nc1-c1cccs1. The quantitative estimate of drug-likeness (QED) is 0.645. The monoisotopic (exact) mass is 400 g/mol. The van der Waals surface area contributed by atoms with Gasteiger partial charge in [-0.05, 0) is 23.6 Å². The Labute approximate surface area is 145 Å². The Morgan fingerprint density at radius 1 is 1.36 bits per heavy atom. The summed E-state index contributed by atoms with van der Waals surface area (Å²) in [5.74, 6) is -0.0447. The molecule has 0 aliphatic heterocycles. The number of nitrogens with one attached hydrogen (secondary N) is 1. The summed E-state index contributed by atoms with van der Waals surface area (Å²) in [6.45, 7) is 0.525. The molecule has 2 N–H and O–H groups in total. The highest BCUT2D eigenvalue weighted by molar-refractivity contribution is 8.93. The zero-order valence-electron chi connectivity index (χ0n) is 11.3. The van der Waals surface area contributed by atoms with Crippen LogP contribution in [0.25, 0.3) is 10.6 Å². The molecule has 0 unspecified atom stereocenters. The van der Waals surface area contributed by atoms with Gasteiger partial charge in [0.05, 0.1) is 29.8 Å². The number of anilines is 1. The fourth-order valence-corrected chi connectivity index (χ4v) is 3.63. The molecule has 116 valence electrons. The number of nitrogens with zero attached hydrogens (tertiary/aromatic N) is 1. The first-order valence-corrected chi connectivity index (χ1v) is 7.93. The number of carboxylic acid groups (broad SMARTS) is 1. The number of aliphatic carboxylic acids is 1. The smallest absolute Gasteiger partial charge is 0.308 e. The van der Waals surface area contributed by atoms with Crippen LogP contribution < -0.4 is 5.32 Å². The molecule has 3 rings (SSSR count). The maximum atomic E-state index is 11.0. The predicted octanol–water partition coefficient (Wildman–Crippen LogP) is 4.28. The van der Waals surface area contributed by atoms with Gasteiger partial charge in [-0.1, -0.05) is 6.07 Å². The molecule has 5 nitrogen and oxygen atoms in total. The number of rotatable bonds is 6. The van der Waals surface area contributed by atoms with Crippen LogP contribution in [-0.2, 0) is 17.8 Å². The molecule has 0 amide bonds. The van der Waals surface area contributed by atoms with E-state index < -0.39 is 5.97 Å². The lowest BCUT2D eigenvalue weighted by Gasteiger charge is -1.98. The summed E-state index contributed by atoms with van der Waals surface area (Å²) in [5.41, 5.74) is 0.749. The highest BCUT2D eigenvalue weighted by Gasteiger charge is 2.16. The fourth-order valence-electron chi connectivity index (χ4n) is 1.87. The summed E-state index contributed by atoms with van der Waals surface area (Å²) in [6.07, 6.45) is 1.60. The number of carbonyl (C=O) groups is 1. The zero-order chi connectivity index (χ0) is 14.7. The Balaban J connectivity index is 0.00000176. The van der Waals surface area contributed by atoms with E-state index in [2.05, 4.69) is 10.3 Å². The van der Waals surface area contributed by atoms with Crippen LogP contribution in [0.1, 0.15) is 10.6 Å². The van der Waals surface area contributed by atoms with Crippen molar-refractivity contribution in [2.45, 2.75) is 13.0 Å². The number of thiazole rings is 1. The molecule has 0 bridgehead atoms. The van der Waals surface area contributed by atoms with E-state index in [1.54, 1.807) is 17.6 Å². The van der Waals surface area contributed by atoms with Crippen molar-refractivity contribution in [2.75, 3.05) is 5.32 Å². The van der Waals surface area contributed by atoms with Crippen LogP contribution in [0.4, 0.5) is 5.13 Å². The van der Waals surface area contributed by atoms with Crippen molar-refractivity contribution in [3.8, 4) is 10.6 Å². The van der Waals surface area contributed by atoms with Gasteiger partial charge in [0.25, 0.3) is 0 Å². The Bertz CT molecular complexity index is 723. The summed E-state index contributed by atoms with van der Waals surface area (Å²) in [6, 6.07) is 7.58. The van der Waals surface area contributed by atoms with Crippen molar-refractivity contribution in [1.29, 1.82) is 0 Å². The van der Waals surface area contributed by atoms with E-state index in [0.717, 1.165) is 21.2 Å². The second-order valence-corrected chi connectivity index (χ2v) is 6.30. The summed E-state index contributed by atoms with van der Waals surface area (Å²) >= 11 is 2.92. The molecule has 3 aromatic heterocycles. The second kappa shape index (κ2) is 7.57. The van der Waals surface area contributed by atoms with Crippen LogP contribution in [0.3, 0.4) is 0 Å². The molecule has 0 aliphatic carbocycles. The Hall–Kier alpha value is -1.64. The van der Waals surface area contributed by atoms with E-state index in [4.69, 9.17) is 9.52 Å². The van der Waals surface area contributed by atoms with Gasteiger partial charge >= 0.3 is 5.97 Å². The average Bonchev–Trinajstić information content (AvgIpc) is 3.18. The van der Waals surface area contributed by atoms with Crippen LogP contribution in [0, 0.1) is 0 Å². The maximum absolute atomic E-state index is 11.0. The molecule has 22 heavy (non-hydrogen) atoms. The molecule has 0 aromatic carbocycles. The molecule has 3 aromatic rings. The number of furan rings is 1. The zero-order valence-corrected chi connectivity index (χ0v) is 14.7. The van der Waals surface area contributed by atoms with Gasteiger partial charge in [0, 0.05) is 4.88 Å². The van der Waals surface area contributed by atoms with E-state index in [1.165, 1.54) is 11.3 Å². The Kier molecular flexibility index (Phi) is 5.76. The molecule has 0 radical (unpaired) electrons. The van der Waals surface area contributed by atoms with E-state index in [0.29, 0.717) is 11.7 Å². The molecule has 0 aliphatic rings. The van der Waals surface area contributed by atoms with Crippen LogP contribution >= 0.6 is 39.7 Å². The Morgan fingerprint density at radius 3 is 2.86 bits per heavy atom. The third-order valence-electron chi connectivity index (χ3n) is 2.76. The van der Waals surface area contributed by atoms with E-state index in [9.17, 15) is 4.79 Å². The Morgan fingerprint density at radius 2 is 2.23 bits per heavy atom. The number of halogens is 1. The van der Waals surface area contributed by atoms with Gasteiger partial charge in [-0.15, -0.1) is 39.7 Å². The van der Waals surface area contributed by atoms with Crippen molar-refractivity contribution in [1.82, 2.24) is 4.98 Å². The summed E-state index contributed by atoms with van der Waals surface area (Å²) in [5, 5.41) is 14.8. The minimum Gasteiger partial charge on any atom is -0.481 e. The van der Waals surface area contributed by atoms with Gasteiger partial charge in [-0.2, -0.15) is 0 Å². The summed E-state index contributed by atoms with van der Waals surface area (Å²) in [7, 11) is 0. The van der Waals surface area contributed by atoms with Crippen LogP contribution in [0.5, 0.6) is 0 Å². The van der Waals surface area contributed by atoms with Gasteiger partial charge in [0.15, 0.2) is 5.13 Å². The van der Waals surface area contributed by atoms with E-state index in [-0.39, 0.29) is 23.4 Å². The van der Waals surface area contributed by atoms with Crippen LogP contribution in [0.15, 0.2) is 40.3 Å². The maximum Gasteiger partial charge on any atom is 0.308 e. The highest BCUT2D eigenvalue weighted by Crippen LogP contribution is 2.34. The second-order valence-electron chi connectivity index (χ2n) is 4.27. The third-order valence-corrected chi connectivity index (χ3v) is 4.65. The van der Waals surface area contributed by atoms with Crippen molar-refractivity contribution in [2.24, 2.45) is 0 Å². The van der Waals surface area contributed by atoms with Crippen molar-refractivity contribution in [3.63, 3.8) is 0 Å². The standard InChI is InChI=1S/C14H12N2O3S2.BrH/c17-12(18)7-11-13(10-4-2-6-20-10)16-14(21-11)15-8-9-3-1-5-19-9;/h1-6H,7-8H2,(H,15,16)(H,17,18);1H. The first kappa shape index (κ1) is 16.7. The topological polar surface area (TPSA) is 75.4 Å². The fraction of sp³-hybridized carbons (Fsp3) is 0.143. The number of hydrogen-bond acceptors (Lipinski definition) is 6. The van der Waals surface area contributed by atoms with E-state index in [1.807, 2.05) is 29.6 Å². The van der Waals surface area contributed by atoms with Gasteiger partial charge in [0.2, 0.25) is 0 Å². The lowest BCUT2D eigenvalue weighted by Crippen LogP contribution is -1.98. The third kappa shape index (κ3) is 3.96. The van der Waals surface area contributed by atoms with Crippen LogP contribution in [0.2, 0.25) is 0 Å². The molecular formula is C14H13BrN2O3S2. The minimum absolute atomic E-state index is 0. The molecule has 0 spiro atoms. The van der Waals surface area contributed by atoms with Crippen molar-refractivity contribution in [3.05, 3.63) is 46.5 Å². The largest absolute Gasteiger partial charge is 0.481 e. The summed E-state index contributed by atoms with van der Waals surface area (Å²) in [4.78, 5) is 17.2. The summed E-state index contributed by atoms with van der Waals surface area (Å²) < 4.78 is 5.25. The predicted molar refractivity (Wildman–Crippen MR) is 93.1 cm³/mol. The molecular weight excluding hydrogens is 388 g/mol. The van der Waals surface area contributed by atoms with Gasteiger partial charge in [-0.3, -0.25) is 4.79 Å². The van der Waals surface area contributed by atoms with Crippen LogP contribution in [-0.4, -0.2) is 16.1 Å². The molecule has 0 fully saturated rings. The molecule has 8 heteroatoms. The number of carboxylic acids is 1. The average molecular weight is 401 g/mol. The molecule has 0 saturated carbocycles. The van der Waals surface area contributed by atoms with Gasteiger partial charge in [0.1, 0.15) is 5.76 Å². The lowest BCUT2D eigenvalue weighted by molar-refractivity contribution is -0.136. The normalized spacial score (nSPS) is 10.2. The lowest BCUT2D eigenvalue weighted by atomic mass is 10.2. The first-order valence-electron chi connectivity index (χ1n) is 6.24. The first-order chi connectivity index (χ1) is 10.2. The van der Waals surface area contributed by atoms with E-state index >= 15 is 0 Å². The van der Waals surface area contributed by atoms with Gasteiger partial charge < -0.3 is 14.8 Å². The molecule has 0 saturated heterocycles. The highest BCUT2D eigenvalue weighted by atomic mass is 79.9. The minimum atomic E-state index is -0.853. The number of aromatic nitrogens is 1. The van der Waals surface area contributed by atoms with Gasteiger partial charge in [-0.25, -0.2) is 4.98 Å². The number of hydrogen-bond donors (Lipinski definition) is 2. The molecule has 0 atom stereocenters. The number of thiophene rings is 1. The van der Waals surface area contributed by atoms with Crippen molar-refractivity contribution >= 4 is 50.8 Å². The van der Waals surface area contributed by atoms with Crippen molar-refractivity contribution < 1.29 is 14.3 Å². The molecule has 3 heterocycles.